The van der Waals surface area contributed by atoms with Crippen molar-refractivity contribution in [3.63, 3.8) is 0 Å². The molecule has 1 amide bonds. The van der Waals surface area contributed by atoms with E-state index in [1.807, 2.05) is 23.3 Å². The molecule has 0 bridgehead atoms. The van der Waals surface area contributed by atoms with Gasteiger partial charge in [-0.2, -0.15) is 9.97 Å². The van der Waals surface area contributed by atoms with Crippen LogP contribution in [0.1, 0.15) is 43.1 Å². The Morgan fingerprint density at radius 2 is 2.07 bits per heavy atom. The Balaban J connectivity index is 1.77. The molecule has 0 aliphatic carbocycles. The summed E-state index contributed by atoms with van der Waals surface area (Å²) in [5.41, 5.74) is 1.66. The second-order valence-corrected chi connectivity index (χ2v) is 7.86. The molecule has 0 spiro atoms. The van der Waals surface area contributed by atoms with Gasteiger partial charge in [0.05, 0.1) is 19.0 Å². The standard InChI is InChI=1S/C20H23ClN6O2/c1-12(2)27-11-22-16-17(23-19(29)13-5-7-14(21)8-6-13)24-20(25-18(16)27)26-9-3-4-15(26)10-28/h5-8,11-12,15,28H,3-4,9-10H2,1-2H3,(H,23,24,25,29)/t15-/m1/s1. The van der Waals surface area contributed by atoms with Crippen molar-refractivity contribution in [3.8, 4) is 0 Å². The van der Waals surface area contributed by atoms with Crippen molar-refractivity contribution in [2.24, 2.45) is 0 Å². The number of aromatic nitrogens is 4. The van der Waals surface area contributed by atoms with Crippen LogP contribution in [0.3, 0.4) is 0 Å². The number of aliphatic hydroxyl groups is 1. The summed E-state index contributed by atoms with van der Waals surface area (Å²) < 4.78 is 1.95. The minimum absolute atomic E-state index is 0.0253. The number of carbonyl (C=O) groups is 1. The van der Waals surface area contributed by atoms with Gasteiger partial charge in [-0.05, 0) is 51.0 Å². The van der Waals surface area contributed by atoms with Crippen molar-refractivity contribution in [3.05, 3.63) is 41.2 Å². The Labute approximate surface area is 173 Å². The van der Waals surface area contributed by atoms with Crippen molar-refractivity contribution in [1.29, 1.82) is 0 Å². The number of nitrogens with zero attached hydrogens (tertiary/aromatic N) is 5. The molecule has 1 aromatic carbocycles. The van der Waals surface area contributed by atoms with Crippen LogP contribution in [-0.2, 0) is 0 Å². The SMILES string of the molecule is CC(C)n1cnc2c(NC(=O)c3ccc(Cl)cc3)nc(N3CCC[C@@H]3CO)nc21. The van der Waals surface area contributed by atoms with Crippen LogP contribution in [0.2, 0.25) is 5.02 Å². The Morgan fingerprint density at radius 3 is 2.76 bits per heavy atom. The summed E-state index contributed by atoms with van der Waals surface area (Å²) in [6.45, 7) is 4.89. The van der Waals surface area contributed by atoms with E-state index in [9.17, 15) is 9.90 Å². The summed E-state index contributed by atoms with van der Waals surface area (Å²) in [4.78, 5) is 28.5. The summed E-state index contributed by atoms with van der Waals surface area (Å²) in [7, 11) is 0. The second kappa shape index (κ2) is 7.96. The zero-order valence-electron chi connectivity index (χ0n) is 16.3. The largest absolute Gasteiger partial charge is 0.394 e. The van der Waals surface area contributed by atoms with E-state index >= 15 is 0 Å². The van der Waals surface area contributed by atoms with Crippen LogP contribution in [-0.4, -0.2) is 49.7 Å². The lowest BCUT2D eigenvalue weighted by Crippen LogP contribution is -2.33. The summed E-state index contributed by atoms with van der Waals surface area (Å²) >= 11 is 5.92. The highest BCUT2D eigenvalue weighted by Crippen LogP contribution is 2.29. The van der Waals surface area contributed by atoms with Gasteiger partial charge in [0.15, 0.2) is 17.0 Å². The van der Waals surface area contributed by atoms with Crippen LogP contribution < -0.4 is 10.2 Å². The normalized spacial score (nSPS) is 16.7. The van der Waals surface area contributed by atoms with Gasteiger partial charge in [0.25, 0.3) is 5.91 Å². The molecule has 1 fully saturated rings. The molecule has 0 radical (unpaired) electrons. The fourth-order valence-electron chi connectivity index (χ4n) is 3.57. The lowest BCUT2D eigenvalue weighted by Gasteiger charge is -2.23. The summed E-state index contributed by atoms with van der Waals surface area (Å²) in [6.07, 6.45) is 3.55. The zero-order valence-corrected chi connectivity index (χ0v) is 17.1. The first-order valence-electron chi connectivity index (χ1n) is 9.67. The van der Waals surface area contributed by atoms with Gasteiger partial charge in [-0.25, -0.2) is 4.98 Å². The number of benzene rings is 1. The minimum atomic E-state index is -0.299. The molecule has 8 nitrogen and oxygen atoms in total. The van der Waals surface area contributed by atoms with Crippen LogP contribution >= 0.6 is 11.6 Å². The van der Waals surface area contributed by atoms with Gasteiger partial charge in [0.2, 0.25) is 5.95 Å². The van der Waals surface area contributed by atoms with Crippen LogP contribution in [0.25, 0.3) is 11.2 Å². The number of rotatable bonds is 5. The van der Waals surface area contributed by atoms with Crippen molar-refractivity contribution in [2.45, 2.75) is 38.8 Å². The van der Waals surface area contributed by atoms with Crippen LogP contribution in [0, 0.1) is 0 Å². The van der Waals surface area contributed by atoms with Crippen LogP contribution in [0.5, 0.6) is 0 Å². The molecule has 29 heavy (non-hydrogen) atoms. The highest BCUT2D eigenvalue weighted by Gasteiger charge is 2.28. The van der Waals surface area contributed by atoms with E-state index in [1.165, 1.54) is 0 Å². The van der Waals surface area contributed by atoms with E-state index in [4.69, 9.17) is 16.6 Å². The molecule has 3 aromatic rings. The predicted octanol–water partition coefficient (Wildman–Crippen LogP) is 3.27. The monoisotopic (exact) mass is 414 g/mol. The molecule has 2 aromatic heterocycles. The third kappa shape index (κ3) is 3.77. The highest BCUT2D eigenvalue weighted by molar-refractivity contribution is 6.30. The third-order valence-corrected chi connectivity index (χ3v) is 5.40. The maximum Gasteiger partial charge on any atom is 0.256 e. The van der Waals surface area contributed by atoms with E-state index in [-0.39, 0.29) is 24.6 Å². The summed E-state index contributed by atoms with van der Waals surface area (Å²) in [5.74, 6) is 0.544. The average molecular weight is 415 g/mol. The molecule has 1 aliphatic heterocycles. The molecule has 1 atom stereocenters. The quantitative estimate of drug-likeness (QED) is 0.665. The number of aliphatic hydroxyl groups excluding tert-OH is 1. The Kier molecular flexibility index (Phi) is 5.38. The van der Waals surface area contributed by atoms with Gasteiger partial charge in [-0.3, -0.25) is 4.79 Å². The molecular formula is C20H23ClN6O2. The third-order valence-electron chi connectivity index (χ3n) is 5.15. The van der Waals surface area contributed by atoms with E-state index < -0.39 is 0 Å². The fourth-order valence-corrected chi connectivity index (χ4v) is 3.69. The average Bonchev–Trinajstić information content (AvgIpc) is 3.35. The predicted molar refractivity (Wildman–Crippen MR) is 113 cm³/mol. The maximum atomic E-state index is 12.8. The zero-order chi connectivity index (χ0) is 20.5. The van der Waals surface area contributed by atoms with Gasteiger partial charge >= 0.3 is 0 Å². The first-order chi connectivity index (χ1) is 14.0. The highest BCUT2D eigenvalue weighted by atomic mass is 35.5. The maximum absolute atomic E-state index is 12.8. The molecule has 9 heteroatoms. The van der Waals surface area contributed by atoms with Crippen LogP contribution in [0.15, 0.2) is 30.6 Å². The topological polar surface area (TPSA) is 96.2 Å². The number of nitrogens with one attached hydrogen (secondary N) is 1. The van der Waals surface area contributed by atoms with E-state index in [2.05, 4.69) is 15.3 Å². The molecule has 4 rings (SSSR count). The van der Waals surface area contributed by atoms with Gasteiger partial charge in [0.1, 0.15) is 0 Å². The van der Waals surface area contributed by atoms with E-state index in [1.54, 1.807) is 30.6 Å². The first-order valence-corrected chi connectivity index (χ1v) is 10.0. The van der Waals surface area contributed by atoms with Crippen molar-refractivity contribution in [1.82, 2.24) is 19.5 Å². The molecule has 1 saturated heterocycles. The van der Waals surface area contributed by atoms with Crippen molar-refractivity contribution >= 4 is 40.4 Å². The first kappa shape index (κ1) is 19.6. The van der Waals surface area contributed by atoms with Crippen molar-refractivity contribution < 1.29 is 9.90 Å². The second-order valence-electron chi connectivity index (χ2n) is 7.42. The van der Waals surface area contributed by atoms with Gasteiger partial charge in [0, 0.05) is 23.2 Å². The molecule has 0 saturated carbocycles. The number of hydrogen-bond donors (Lipinski definition) is 2. The smallest absolute Gasteiger partial charge is 0.256 e. The number of fused-ring (bicyclic) bond motifs is 1. The van der Waals surface area contributed by atoms with Gasteiger partial charge in [-0.1, -0.05) is 11.6 Å². The van der Waals surface area contributed by atoms with Gasteiger partial charge < -0.3 is 19.9 Å². The van der Waals surface area contributed by atoms with Gasteiger partial charge in [-0.15, -0.1) is 0 Å². The van der Waals surface area contributed by atoms with E-state index in [0.29, 0.717) is 33.5 Å². The molecular weight excluding hydrogens is 392 g/mol. The Hall–Kier alpha value is -2.71. The lowest BCUT2D eigenvalue weighted by molar-refractivity contribution is 0.102. The number of imidazole rings is 1. The molecule has 0 unspecified atom stereocenters. The minimum Gasteiger partial charge on any atom is -0.394 e. The Bertz CT molecular complexity index is 1030. The number of amides is 1. The number of hydrogen-bond acceptors (Lipinski definition) is 6. The van der Waals surface area contributed by atoms with Crippen molar-refractivity contribution in [2.75, 3.05) is 23.4 Å². The van der Waals surface area contributed by atoms with E-state index in [0.717, 1.165) is 19.4 Å². The Morgan fingerprint density at radius 1 is 1.31 bits per heavy atom. The fraction of sp³-hybridized carbons (Fsp3) is 0.400. The summed E-state index contributed by atoms with van der Waals surface area (Å²) in [5, 5.41) is 13.1. The number of anilines is 2. The molecule has 3 heterocycles. The molecule has 1 aliphatic rings. The number of carbonyl (C=O) groups excluding carboxylic acids is 1. The number of halogens is 1. The molecule has 152 valence electrons. The summed E-state index contributed by atoms with van der Waals surface area (Å²) in [6, 6.07) is 6.78. The molecule has 2 N–H and O–H groups in total. The lowest BCUT2D eigenvalue weighted by atomic mass is 10.2. The van der Waals surface area contributed by atoms with Crippen LogP contribution in [0.4, 0.5) is 11.8 Å².